The molecule has 25 heavy (non-hydrogen) atoms. The Labute approximate surface area is 141 Å². The highest BCUT2D eigenvalue weighted by molar-refractivity contribution is 7.95. The summed E-state index contributed by atoms with van der Waals surface area (Å²) in [6.45, 7) is 0.796. The fourth-order valence-electron chi connectivity index (χ4n) is 2.82. The van der Waals surface area contributed by atoms with Gasteiger partial charge < -0.3 is 9.47 Å². The van der Waals surface area contributed by atoms with Crippen LogP contribution in [0.2, 0.25) is 0 Å². The number of hydrogen-bond acceptors (Lipinski definition) is 5. The van der Waals surface area contributed by atoms with Gasteiger partial charge in [-0.25, -0.2) is 8.42 Å². The number of ether oxygens (including phenoxy) is 2. The fourth-order valence-corrected chi connectivity index (χ4v) is 4.33. The zero-order chi connectivity index (χ0) is 18.9. The normalized spacial score (nSPS) is 21.4. The van der Waals surface area contributed by atoms with Crippen LogP contribution >= 0.6 is 0 Å². The van der Waals surface area contributed by atoms with Crippen LogP contribution in [-0.4, -0.2) is 45.3 Å². The fraction of sp³-hybridized carbons (Fsp3) is 0.786. The molecule has 0 aromatic heterocycles. The topological polar surface area (TPSA) is 76.4 Å². The van der Waals surface area contributed by atoms with Crippen LogP contribution in [0.1, 0.15) is 32.1 Å². The second-order valence-electron chi connectivity index (χ2n) is 5.92. The second-order valence-corrected chi connectivity index (χ2v) is 7.97. The number of nitrogens with zero attached hydrogens (tertiary/aromatic N) is 1. The lowest BCUT2D eigenvalue weighted by atomic mass is 9.89. The van der Waals surface area contributed by atoms with Gasteiger partial charge >= 0.3 is 12.1 Å². The minimum atomic E-state index is -5.84. The van der Waals surface area contributed by atoms with E-state index in [2.05, 4.69) is 0 Å². The van der Waals surface area contributed by atoms with Gasteiger partial charge in [-0.05, 0) is 18.4 Å². The van der Waals surface area contributed by atoms with Crippen molar-refractivity contribution in [3.05, 3.63) is 10.5 Å². The SMILES string of the molecule is N#CC(=C1CCC2(CC1)OCCO2)S(=O)(=O)CCC(F)(F)C(F)(F)F. The van der Waals surface area contributed by atoms with Crippen molar-refractivity contribution in [3.8, 4) is 6.07 Å². The molecule has 0 radical (unpaired) electrons. The Morgan fingerprint density at radius 2 is 1.64 bits per heavy atom. The summed E-state index contributed by atoms with van der Waals surface area (Å²) in [5.41, 5.74) is 0.211. The van der Waals surface area contributed by atoms with Gasteiger partial charge in [0.05, 0.1) is 19.0 Å². The summed E-state index contributed by atoms with van der Waals surface area (Å²) in [7, 11) is -4.54. The van der Waals surface area contributed by atoms with E-state index in [0.717, 1.165) is 0 Å². The number of rotatable bonds is 4. The molecule has 0 bridgehead atoms. The van der Waals surface area contributed by atoms with E-state index in [1.807, 2.05) is 0 Å². The van der Waals surface area contributed by atoms with E-state index in [1.54, 1.807) is 0 Å². The lowest BCUT2D eigenvalue weighted by Crippen LogP contribution is -2.38. The van der Waals surface area contributed by atoms with Crippen molar-refractivity contribution in [3.63, 3.8) is 0 Å². The van der Waals surface area contributed by atoms with Crippen molar-refractivity contribution in [1.29, 1.82) is 5.26 Å². The molecule has 0 aromatic rings. The van der Waals surface area contributed by atoms with Crippen LogP contribution in [0.15, 0.2) is 10.5 Å². The number of nitriles is 1. The summed E-state index contributed by atoms with van der Waals surface area (Å²) in [6.07, 6.45) is -6.90. The van der Waals surface area contributed by atoms with Crippen LogP contribution in [0.25, 0.3) is 0 Å². The molecule has 11 heteroatoms. The Balaban J connectivity index is 2.12. The van der Waals surface area contributed by atoms with Crippen molar-refractivity contribution in [2.45, 2.75) is 50.0 Å². The molecule has 0 amide bonds. The molecule has 1 saturated heterocycles. The zero-order valence-electron chi connectivity index (χ0n) is 13.0. The molecule has 2 aliphatic rings. The third-order valence-corrected chi connectivity index (χ3v) is 6.01. The first kappa shape index (κ1) is 20.1. The summed E-state index contributed by atoms with van der Waals surface area (Å²) in [4.78, 5) is -0.724. The van der Waals surface area contributed by atoms with Gasteiger partial charge in [-0.1, -0.05) is 0 Å². The van der Waals surface area contributed by atoms with Gasteiger partial charge in [0.25, 0.3) is 0 Å². The third kappa shape index (κ3) is 4.30. The van der Waals surface area contributed by atoms with Crippen molar-refractivity contribution in [2.24, 2.45) is 0 Å². The average Bonchev–Trinajstić information content (AvgIpc) is 2.95. The van der Waals surface area contributed by atoms with Gasteiger partial charge in [-0.3, -0.25) is 0 Å². The van der Waals surface area contributed by atoms with Gasteiger partial charge in [0.2, 0.25) is 0 Å². The van der Waals surface area contributed by atoms with Crippen LogP contribution < -0.4 is 0 Å². The predicted molar refractivity (Wildman–Crippen MR) is 75.1 cm³/mol. The highest BCUT2D eigenvalue weighted by Gasteiger charge is 2.57. The van der Waals surface area contributed by atoms with Crippen LogP contribution in [0, 0.1) is 11.3 Å². The highest BCUT2D eigenvalue weighted by Crippen LogP contribution is 2.41. The first-order valence-electron chi connectivity index (χ1n) is 7.50. The molecule has 1 heterocycles. The van der Waals surface area contributed by atoms with Crippen LogP contribution in [-0.2, 0) is 19.3 Å². The molecule has 142 valence electrons. The lowest BCUT2D eigenvalue weighted by Gasteiger charge is -2.32. The van der Waals surface area contributed by atoms with Crippen molar-refractivity contribution in [2.75, 3.05) is 19.0 Å². The maximum absolute atomic E-state index is 12.9. The first-order valence-corrected chi connectivity index (χ1v) is 9.15. The standard InChI is InChI=1S/C14H16F5NO4S/c15-13(16,14(17,18)19)5-8-25(21,22)11(9-20)10-1-3-12(4-2-10)23-6-7-24-12/h1-8H2. The van der Waals surface area contributed by atoms with Gasteiger partial charge in [-0.2, -0.15) is 27.2 Å². The Bertz CT molecular complexity index is 675. The molecule has 5 nitrogen and oxygen atoms in total. The molecule has 0 aromatic carbocycles. The number of halogens is 5. The van der Waals surface area contributed by atoms with E-state index < -0.39 is 44.8 Å². The number of alkyl halides is 5. The van der Waals surface area contributed by atoms with Crippen molar-refractivity contribution in [1.82, 2.24) is 0 Å². The molecule has 0 N–H and O–H groups in total. The summed E-state index contributed by atoms with van der Waals surface area (Å²) in [5.74, 6) is -7.41. The third-order valence-electron chi connectivity index (χ3n) is 4.26. The molecular weight excluding hydrogens is 373 g/mol. The van der Waals surface area contributed by atoms with Gasteiger partial charge in [0.15, 0.2) is 15.6 Å². The monoisotopic (exact) mass is 389 g/mol. The van der Waals surface area contributed by atoms with Crippen molar-refractivity contribution < 1.29 is 39.8 Å². The molecule has 0 unspecified atom stereocenters. The summed E-state index contributed by atoms with van der Waals surface area (Å²) >= 11 is 0. The lowest BCUT2D eigenvalue weighted by molar-refractivity contribution is -0.282. The van der Waals surface area contributed by atoms with E-state index in [0.29, 0.717) is 26.1 Å². The molecule has 2 rings (SSSR count). The van der Waals surface area contributed by atoms with Crippen molar-refractivity contribution >= 4 is 9.84 Å². The molecule has 0 atom stereocenters. The average molecular weight is 389 g/mol. The number of sulfone groups is 1. The molecular formula is C14H16F5NO4S. The van der Waals surface area contributed by atoms with E-state index in [4.69, 9.17) is 14.7 Å². The summed E-state index contributed by atoms with van der Waals surface area (Å²) in [6, 6.07) is 1.45. The molecule has 1 aliphatic heterocycles. The molecule has 2 fully saturated rings. The van der Waals surface area contributed by atoms with E-state index in [9.17, 15) is 30.4 Å². The Morgan fingerprint density at radius 3 is 2.08 bits per heavy atom. The Morgan fingerprint density at radius 1 is 1.12 bits per heavy atom. The van der Waals surface area contributed by atoms with E-state index in [1.165, 1.54) is 6.07 Å². The molecule has 1 aliphatic carbocycles. The van der Waals surface area contributed by atoms with Gasteiger partial charge in [0, 0.05) is 19.3 Å². The predicted octanol–water partition coefficient (Wildman–Crippen LogP) is 3.08. The summed E-state index contributed by atoms with van der Waals surface area (Å²) < 4.78 is 97.5. The largest absolute Gasteiger partial charge is 0.453 e. The van der Waals surface area contributed by atoms with E-state index >= 15 is 0 Å². The first-order chi connectivity index (χ1) is 11.4. The quantitative estimate of drug-likeness (QED) is 0.546. The maximum Gasteiger partial charge on any atom is 0.453 e. The van der Waals surface area contributed by atoms with Gasteiger partial charge in [0.1, 0.15) is 11.0 Å². The molecule has 1 saturated carbocycles. The minimum absolute atomic E-state index is 0.137. The minimum Gasteiger partial charge on any atom is -0.348 e. The highest BCUT2D eigenvalue weighted by atomic mass is 32.2. The second kappa shape index (κ2) is 6.81. The summed E-state index contributed by atoms with van der Waals surface area (Å²) in [5, 5.41) is 9.10. The van der Waals surface area contributed by atoms with E-state index in [-0.39, 0.29) is 18.4 Å². The smallest absolute Gasteiger partial charge is 0.348 e. The van der Waals surface area contributed by atoms with Gasteiger partial charge in [-0.15, -0.1) is 0 Å². The van der Waals surface area contributed by atoms with Crippen LogP contribution in [0.4, 0.5) is 22.0 Å². The number of allylic oxidation sites excluding steroid dienone is 2. The molecule has 1 spiro atoms. The number of hydrogen-bond donors (Lipinski definition) is 0. The maximum atomic E-state index is 12.9. The Kier molecular flexibility index (Phi) is 5.47. The Hall–Kier alpha value is -1.25. The zero-order valence-corrected chi connectivity index (χ0v) is 13.9. The van der Waals surface area contributed by atoms with Crippen LogP contribution in [0.5, 0.6) is 0 Å². The van der Waals surface area contributed by atoms with Crippen LogP contribution in [0.3, 0.4) is 0 Å².